The number of benzene rings is 3. The first kappa shape index (κ1) is 23.3. The fraction of sp³-hybridized carbons (Fsp3) is 0.130. The zero-order valence-corrected chi connectivity index (χ0v) is 19.1. The SMILES string of the molecule is COc1ccc(Cl)cc1N(CC(=O)N/N=C\c1cccc(C)c1)S(=O)(=O)c1ccccc1. The highest BCUT2D eigenvalue weighted by Crippen LogP contribution is 2.34. The van der Waals surface area contributed by atoms with Crippen molar-refractivity contribution in [2.24, 2.45) is 5.10 Å². The van der Waals surface area contributed by atoms with Gasteiger partial charge in [-0.1, -0.05) is 59.6 Å². The largest absolute Gasteiger partial charge is 0.495 e. The maximum atomic E-state index is 13.4. The average Bonchev–Trinajstić information content (AvgIpc) is 2.78. The Labute approximate surface area is 192 Å². The van der Waals surface area contributed by atoms with Gasteiger partial charge in [0.2, 0.25) is 0 Å². The van der Waals surface area contributed by atoms with Crippen LogP contribution in [0.2, 0.25) is 5.02 Å². The fourth-order valence-electron chi connectivity index (χ4n) is 2.97. The molecule has 0 aromatic heterocycles. The Bertz CT molecular complexity index is 1230. The lowest BCUT2D eigenvalue weighted by atomic mass is 10.2. The van der Waals surface area contributed by atoms with E-state index in [0.717, 1.165) is 15.4 Å². The molecular formula is C23H22ClN3O4S. The van der Waals surface area contributed by atoms with Crippen molar-refractivity contribution in [1.82, 2.24) is 5.43 Å². The molecule has 0 fully saturated rings. The van der Waals surface area contributed by atoms with E-state index in [-0.39, 0.29) is 16.3 Å². The number of hydrogen-bond acceptors (Lipinski definition) is 5. The van der Waals surface area contributed by atoms with Crippen LogP contribution in [0.25, 0.3) is 0 Å². The maximum Gasteiger partial charge on any atom is 0.264 e. The summed E-state index contributed by atoms with van der Waals surface area (Å²) in [5.41, 5.74) is 4.37. The van der Waals surface area contributed by atoms with Gasteiger partial charge in [0.15, 0.2) is 0 Å². The summed E-state index contributed by atoms with van der Waals surface area (Å²) in [4.78, 5) is 12.7. The summed E-state index contributed by atoms with van der Waals surface area (Å²) >= 11 is 6.11. The molecule has 0 heterocycles. The normalized spacial score (nSPS) is 11.3. The summed E-state index contributed by atoms with van der Waals surface area (Å²) in [6.45, 7) is 1.42. The molecule has 0 aliphatic rings. The summed E-state index contributed by atoms with van der Waals surface area (Å²) in [6, 6.07) is 19.9. The third-order valence-corrected chi connectivity index (χ3v) is 6.48. The second-order valence-electron chi connectivity index (χ2n) is 6.85. The quantitative estimate of drug-likeness (QED) is 0.397. The number of carbonyl (C=O) groups is 1. The van der Waals surface area contributed by atoms with E-state index >= 15 is 0 Å². The smallest absolute Gasteiger partial charge is 0.264 e. The zero-order chi connectivity index (χ0) is 23.1. The number of hydrogen-bond donors (Lipinski definition) is 1. The van der Waals surface area contributed by atoms with Crippen LogP contribution in [-0.4, -0.2) is 34.2 Å². The van der Waals surface area contributed by atoms with Crippen LogP contribution >= 0.6 is 11.6 Å². The molecule has 0 unspecified atom stereocenters. The first-order chi connectivity index (χ1) is 15.3. The van der Waals surface area contributed by atoms with Crippen LogP contribution in [0.5, 0.6) is 5.75 Å². The van der Waals surface area contributed by atoms with E-state index in [4.69, 9.17) is 16.3 Å². The molecule has 3 rings (SSSR count). The van der Waals surface area contributed by atoms with E-state index in [1.54, 1.807) is 30.3 Å². The third kappa shape index (κ3) is 5.66. The zero-order valence-electron chi connectivity index (χ0n) is 17.5. The average molecular weight is 472 g/mol. The van der Waals surface area contributed by atoms with Gasteiger partial charge in [0.1, 0.15) is 12.3 Å². The van der Waals surface area contributed by atoms with E-state index in [1.807, 2.05) is 31.2 Å². The second-order valence-corrected chi connectivity index (χ2v) is 9.15. The number of halogens is 1. The van der Waals surface area contributed by atoms with E-state index in [0.29, 0.717) is 5.02 Å². The van der Waals surface area contributed by atoms with E-state index < -0.39 is 22.5 Å². The molecule has 1 amide bonds. The summed E-state index contributed by atoms with van der Waals surface area (Å²) in [5, 5.41) is 4.24. The fourth-order valence-corrected chi connectivity index (χ4v) is 4.58. The Kier molecular flexibility index (Phi) is 7.50. The molecule has 7 nitrogen and oxygen atoms in total. The number of carbonyl (C=O) groups excluding carboxylic acids is 1. The van der Waals surface area contributed by atoms with Gasteiger partial charge in [-0.15, -0.1) is 0 Å². The lowest BCUT2D eigenvalue weighted by molar-refractivity contribution is -0.119. The standard InChI is InChI=1S/C23H22ClN3O4S/c1-17-7-6-8-18(13-17)15-25-26-23(28)16-27(21-14-19(24)11-12-22(21)31-2)32(29,30)20-9-4-3-5-10-20/h3-15H,16H2,1-2H3,(H,26,28)/b25-15-. The lowest BCUT2D eigenvalue weighted by Gasteiger charge is -2.25. The number of hydrazone groups is 1. The Morgan fingerprint density at radius 3 is 2.53 bits per heavy atom. The molecule has 1 N–H and O–H groups in total. The first-order valence-electron chi connectivity index (χ1n) is 9.61. The van der Waals surface area contributed by atoms with Gasteiger partial charge in [-0.05, 0) is 42.8 Å². The van der Waals surface area contributed by atoms with Crippen LogP contribution in [0.3, 0.4) is 0 Å². The number of nitrogens with one attached hydrogen (secondary N) is 1. The molecule has 9 heteroatoms. The Hall–Kier alpha value is -3.36. The number of rotatable bonds is 8. The molecule has 0 saturated carbocycles. The highest BCUT2D eigenvalue weighted by atomic mass is 35.5. The summed E-state index contributed by atoms with van der Waals surface area (Å²) in [6.07, 6.45) is 1.49. The maximum absolute atomic E-state index is 13.4. The van der Waals surface area contributed by atoms with Crippen LogP contribution in [-0.2, 0) is 14.8 Å². The minimum absolute atomic E-state index is 0.0260. The highest BCUT2D eigenvalue weighted by Gasteiger charge is 2.29. The molecule has 0 atom stereocenters. The number of nitrogens with zero attached hydrogens (tertiary/aromatic N) is 2. The molecule has 32 heavy (non-hydrogen) atoms. The number of ether oxygens (including phenoxy) is 1. The van der Waals surface area contributed by atoms with Crippen molar-refractivity contribution in [2.75, 3.05) is 18.0 Å². The number of anilines is 1. The van der Waals surface area contributed by atoms with Crippen molar-refractivity contribution >= 4 is 39.4 Å². The molecule has 3 aromatic carbocycles. The summed E-state index contributed by atoms with van der Waals surface area (Å²) in [5.74, 6) is -0.375. The number of amides is 1. The third-order valence-electron chi connectivity index (χ3n) is 4.47. The van der Waals surface area contributed by atoms with E-state index in [1.165, 1.54) is 31.5 Å². The van der Waals surface area contributed by atoms with Gasteiger partial charge in [-0.2, -0.15) is 5.10 Å². The Morgan fingerprint density at radius 1 is 1.09 bits per heavy atom. The molecular weight excluding hydrogens is 450 g/mol. The first-order valence-corrected chi connectivity index (χ1v) is 11.4. The molecule has 166 valence electrons. The van der Waals surface area contributed by atoms with Crippen LogP contribution in [0.4, 0.5) is 5.69 Å². The number of aryl methyl sites for hydroxylation is 1. The molecule has 0 bridgehead atoms. The molecule has 0 saturated heterocycles. The van der Waals surface area contributed by atoms with Crippen molar-refractivity contribution in [1.29, 1.82) is 0 Å². The summed E-state index contributed by atoms with van der Waals surface area (Å²) < 4.78 is 33.0. The van der Waals surface area contributed by atoms with Crippen molar-refractivity contribution in [2.45, 2.75) is 11.8 Å². The number of sulfonamides is 1. The van der Waals surface area contributed by atoms with Crippen LogP contribution in [0, 0.1) is 6.92 Å². The van der Waals surface area contributed by atoms with Gasteiger partial charge in [0, 0.05) is 5.02 Å². The minimum atomic E-state index is -4.10. The van der Waals surface area contributed by atoms with Crippen molar-refractivity contribution < 1.29 is 17.9 Å². The highest BCUT2D eigenvalue weighted by molar-refractivity contribution is 7.92. The minimum Gasteiger partial charge on any atom is -0.495 e. The lowest BCUT2D eigenvalue weighted by Crippen LogP contribution is -2.39. The van der Waals surface area contributed by atoms with Gasteiger partial charge in [0.05, 0.1) is 23.9 Å². The van der Waals surface area contributed by atoms with Gasteiger partial charge in [0.25, 0.3) is 15.9 Å². The second kappa shape index (κ2) is 10.3. The van der Waals surface area contributed by atoms with Gasteiger partial charge < -0.3 is 4.74 Å². The van der Waals surface area contributed by atoms with E-state index in [9.17, 15) is 13.2 Å². The van der Waals surface area contributed by atoms with Gasteiger partial charge >= 0.3 is 0 Å². The molecule has 0 aliphatic carbocycles. The molecule has 3 aromatic rings. The number of methoxy groups -OCH3 is 1. The molecule has 0 radical (unpaired) electrons. The van der Waals surface area contributed by atoms with Crippen molar-refractivity contribution in [3.05, 3.63) is 88.9 Å². The topological polar surface area (TPSA) is 88.1 Å². The van der Waals surface area contributed by atoms with Crippen molar-refractivity contribution in [3.63, 3.8) is 0 Å². The monoisotopic (exact) mass is 471 g/mol. The molecule has 0 aliphatic heterocycles. The summed E-state index contributed by atoms with van der Waals surface area (Å²) in [7, 11) is -2.69. The van der Waals surface area contributed by atoms with Crippen LogP contribution in [0.15, 0.2) is 82.8 Å². The Morgan fingerprint density at radius 2 is 1.84 bits per heavy atom. The van der Waals surface area contributed by atoms with Gasteiger partial charge in [-0.3, -0.25) is 9.10 Å². The Balaban J connectivity index is 1.91. The van der Waals surface area contributed by atoms with Gasteiger partial charge in [-0.25, -0.2) is 13.8 Å². The predicted octanol–water partition coefficient (Wildman–Crippen LogP) is 4.00. The van der Waals surface area contributed by atoms with Crippen molar-refractivity contribution in [3.8, 4) is 5.75 Å². The van der Waals surface area contributed by atoms with Crippen LogP contribution < -0.4 is 14.5 Å². The molecule has 0 spiro atoms. The van der Waals surface area contributed by atoms with E-state index in [2.05, 4.69) is 10.5 Å². The van der Waals surface area contributed by atoms with Crippen LogP contribution in [0.1, 0.15) is 11.1 Å². The predicted molar refractivity (Wildman–Crippen MR) is 126 cm³/mol.